The van der Waals surface area contributed by atoms with E-state index < -0.39 is 5.91 Å². The highest BCUT2D eigenvalue weighted by Crippen LogP contribution is 2.35. The molecule has 0 aliphatic heterocycles. The predicted molar refractivity (Wildman–Crippen MR) is 66.8 cm³/mol. The lowest BCUT2D eigenvalue weighted by Crippen LogP contribution is -2.24. The smallest absolute Gasteiger partial charge is 0.267 e. The Morgan fingerprint density at radius 2 is 2.06 bits per heavy atom. The summed E-state index contributed by atoms with van der Waals surface area (Å²) in [6.07, 6.45) is 3.84. The molecule has 1 aliphatic carbocycles. The van der Waals surface area contributed by atoms with Crippen LogP contribution in [0.5, 0.6) is 11.5 Å². The number of carbonyl (C=O) groups excluding carboxylic acids is 1. The van der Waals surface area contributed by atoms with Crippen LogP contribution in [0.1, 0.15) is 44.1 Å². The summed E-state index contributed by atoms with van der Waals surface area (Å²) < 4.78 is 11.5. The number of hydrogen-bond acceptors (Lipinski definition) is 4. The predicted octanol–water partition coefficient (Wildman–Crippen LogP) is 1.90. The summed E-state index contributed by atoms with van der Waals surface area (Å²) in [7, 11) is 0. The lowest BCUT2D eigenvalue weighted by Gasteiger charge is -2.23. The highest BCUT2D eigenvalue weighted by atomic mass is 16.5. The molecule has 0 spiro atoms. The van der Waals surface area contributed by atoms with Gasteiger partial charge < -0.3 is 15.2 Å². The van der Waals surface area contributed by atoms with Gasteiger partial charge >= 0.3 is 0 Å². The average molecular weight is 250 g/mol. The van der Waals surface area contributed by atoms with Crippen LogP contribution in [0.25, 0.3) is 0 Å². The van der Waals surface area contributed by atoms with Crippen LogP contribution in [0.3, 0.4) is 0 Å². The maximum Gasteiger partial charge on any atom is 0.267 e. The van der Waals surface area contributed by atoms with E-state index >= 15 is 0 Å². The highest BCUT2D eigenvalue weighted by Gasteiger charge is 2.26. The molecule has 0 saturated heterocycles. The van der Waals surface area contributed by atoms with Crippen molar-refractivity contribution >= 4 is 5.91 Å². The number of carbonyl (C=O) groups is 1. The lowest BCUT2D eigenvalue weighted by molar-refractivity contribution is 0.0989. The normalized spacial score (nSPS) is 15.3. The maximum absolute atomic E-state index is 11.1. The molecule has 0 aromatic carbocycles. The van der Waals surface area contributed by atoms with E-state index in [0.29, 0.717) is 11.5 Å². The Morgan fingerprint density at radius 3 is 2.56 bits per heavy atom. The van der Waals surface area contributed by atoms with Crippen LogP contribution in [0.15, 0.2) is 12.3 Å². The SMILES string of the molecule is CC(C)(C)Oc1cc(C(N)=O)ncc1OC1CC1. The van der Waals surface area contributed by atoms with Gasteiger partial charge in [-0.05, 0) is 33.6 Å². The molecule has 1 saturated carbocycles. The molecule has 1 amide bonds. The van der Waals surface area contributed by atoms with Gasteiger partial charge in [0.05, 0.1) is 12.3 Å². The van der Waals surface area contributed by atoms with E-state index in [-0.39, 0.29) is 17.4 Å². The molecule has 1 aromatic rings. The molecule has 0 unspecified atom stereocenters. The van der Waals surface area contributed by atoms with Crippen molar-refractivity contribution in [2.24, 2.45) is 5.73 Å². The second kappa shape index (κ2) is 4.48. The molecule has 5 nitrogen and oxygen atoms in total. The number of ether oxygens (including phenoxy) is 2. The lowest BCUT2D eigenvalue weighted by atomic mass is 10.2. The van der Waals surface area contributed by atoms with Gasteiger partial charge in [0, 0.05) is 6.07 Å². The summed E-state index contributed by atoms with van der Waals surface area (Å²) in [6, 6.07) is 1.53. The van der Waals surface area contributed by atoms with Crippen molar-refractivity contribution in [3.8, 4) is 11.5 Å². The van der Waals surface area contributed by atoms with Gasteiger partial charge in [-0.1, -0.05) is 0 Å². The first kappa shape index (κ1) is 12.7. The number of amides is 1. The first-order valence-corrected chi connectivity index (χ1v) is 6.01. The standard InChI is InChI=1S/C13H18N2O3/c1-13(2,3)18-10-6-9(12(14)16)15-7-11(10)17-8-4-5-8/h6-8H,4-5H2,1-3H3,(H2,14,16). The van der Waals surface area contributed by atoms with Crippen LogP contribution in [0.4, 0.5) is 0 Å². The van der Waals surface area contributed by atoms with Gasteiger partial charge in [-0.2, -0.15) is 0 Å². The number of rotatable bonds is 4. The zero-order valence-corrected chi connectivity index (χ0v) is 10.9. The number of aromatic nitrogens is 1. The van der Waals surface area contributed by atoms with Crippen LogP contribution in [0.2, 0.25) is 0 Å². The van der Waals surface area contributed by atoms with Crippen LogP contribution in [-0.4, -0.2) is 22.6 Å². The Hall–Kier alpha value is -1.78. The van der Waals surface area contributed by atoms with E-state index in [9.17, 15) is 4.79 Å². The van der Waals surface area contributed by atoms with Crippen molar-refractivity contribution < 1.29 is 14.3 Å². The number of nitrogens with zero attached hydrogens (tertiary/aromatic N) is 1. The van der Waals surface area contributed by atoms with Crippen molar-refractivity contribution in [1.82, 2.24) is 4.98 Å². The van der Waals surface area contributed by atoms with Crippen molar-refractivity contribution in [3.05, 3.63) is 18.0 Å². The molecule has 1 fully saturated rings. The third-order valence-electron chi connectivity index (χ3n) is 2.32. The molecule has 0 atom stereocenters. The molecule has 98 valence electrons. The molecular weight excluding hydrogens is 232 g/mol. The first-order valence-electron chi connectivity index (χ1n) is 6.01. The highest BCUT2D eigenvalue weighted by molar-refractivity contribution is 5.91. The fraction of sp³-hybridized carbons (Fsp3) is 0.538. The summed E-state index contributed by atoms with van der Waals surface area (Å²) in [5.41, 5.74) is 5.01. The average Bonchev–Trinajstić information content (AvgIpc) is 3.02. The van der Waals surface area contributed by atoms with Gasteiger partial charge in [-0.15, -0.1) is 0 Å². The van der Waals surface area contributed by atoms with E-state index in [1.807, 2.05) is 20.8 Å². The summed E-state index contributed by atoms with van der Waals surface area (Å²) >= 11 is 0. The van der Waals surface area contributed by atoms with Crippen molar-refractivity contribution in [3.63, 3.8) is 0 Å². The minimum atomic E-state index is -0.577. The van der Waals surface area contributed by atoms with E-state index in [4.69, 9.17) is 15.2 Å². The Kier molecular flexibility index (Phi) is 3.15. The zero-order valence-electron chi connectivity index (χ0n) is 10.9. The van der Waals surface area contributed by atoms with Gasteiger partial charge in [0.15, 0.2) is 11.5 Å². The van der Waals surface area contributed by atoms with E-state index in [2.05, 4.69) is 4.98 Å². The number of hydrogen-bond donors (Lipinski definition) is 1. The molecule has 0 radical (unpaired) electrons. The van der Waals surface area contributed by atoms with Crippen LogP contribution < -0.4 is 15.2 Å². The quantitative estimate of drug-likeness (QED) is 0.885. The molecule has 5 heteroatoms. The molecule has 1 aliphatic rings. The van der Waals surface area contributed by atoms with E-state index in [0.717, 1.165) is 12.8 Å². The van der Waals surface area contributed by atoms with Crippen molar-refractivity contribution in [2.75, 3.05) is 0 Å². The molecule has 2 rings (SSSR count). The maximum atomic E-state index is 11.1. The Bertz CT molecular complexity index is 462. The van der Waals surface area contributed by atoms with Gasteiger partial charge in [0.2, 0.25) is 0 Å². The molecule has 1 aromatic heterocycles. The van der Waals surface area contributed by atoms with Gasteiger partial charge in [0.25, 0.3) is 5.91 Å². The number of nitrogens with two attached hydrogens (primary N) is 1. The minimum Gasteiger partial charge on any atom is -0.485 e. The van der Waals surface area contributed by atoms with Crippen LogP contribution in [0, 0.1) is 0 Å². The molecular formula is C13H18N2O3. The fourth-order valence-electron chi connectivity index (χ4n) is 1.42. The van der Waals surface area contributed by atoms with Crippen LogP contribution >= 0.6 is 0 Å². The monoisotopic (exact) mass is 250 g/mol. The van der Waals surface area contributed by atoms with Gasteiger partial charge in [0.1, 0.15) is 11.3 Å². The molecule has 2 N–H and O–H groups in total. The summed E-state index contributed by atoms with van der Waals surface area (Å²) in [5, 5.41) is 0. The van der Waals surface area contributed by atoms with E-state index in [1.165, 1.54) is 12.3 Å². The Labute approximate surface area is 106 Å². The number of primary amides is 1. The topological polar surface area (TPSA) is 74.4 Å². The molecule has 0 bridgehead atoms. The fourth-order valence-corrected chi connectivity index (χ4v) is 1.42. The van der Waals surface area contributed by atoms with Crippen molar-refractivity contribution in [2.45, 2.75) is 45.3 Å². The second-order valence-corrected chi connectivity index (χ2v) is 5.41. The third-order valence-corrected chi connectivity index (χ3v) is 2.32. The Morgan fingerprint density at radius 1 is 1.39 bits per heavy atom. The summed E-state index contributed by atoms with van der Waals surface area (Å²) in [5.74, 6) is 0.502. The largest absolute Gasteiger partial charge is 0.485 e. The van der Waals surface area contributed by atoms with Crippen molar-refractivity contribution in [1.29, 1.82) is 0 Å². The molecule has 1 heterocycles. The Balaban J connectivity index is 2.29. The van der Waals surface area contributed by atoms with E-state index in [1.54, 1.807) is 0 Å². The first-order chi connectivity index (χ1) is 8.35. The van der Waals surface area contributed by atoms with Crippen LogP contribution in [-0.2, 0) is 0 Å². The minimum absolute atomic E-state index is 0.178. The third kappa shape index (κ3) is 3.35. The second-order valence-electron chi connectivity index (χ2n) is 5.41. The molecule has 18 heavy (non-hydrogen) atoms. The van der Waals surface area contributed by atoms with Gasteiger partial charge in [-0.25, -0.2) is 4.98 Å². The number of pyridine rings is 1. The summed E-state index contributed by atoms with van der Waals surface area (Å²) in [6.45, 7) is 5.79. The zero-order chi connectivity index (χ0) is 13.3. The van der Waals surface area contributed by atoms with Gasteiger partial charge in [-0.3, -0.25) is 4.79 Å². The summed E-state index contributed by atoms with van der Waals surface area (Å²) in [4.78, 5) is 15.1.